The van der Waals surface area contributed by atoms with Crippen molar-refractivity contribution < 1.29 is 8.42 Å². The number of benzene rings is 1. The van der Waals surface area contributed by atoms with Gasteiger partial charge in [0.2, 0.25) is 10.0 Å². The average Bonchev–Trinajstić information content (AvgIpc) is 2.26. The van der Waals surface area contributed by atoms with E-state index in [1.54, 1.807) is 0 Å². The highest BCUT2D eigenvalue weighted by atomic mass is 32.2. The summed E-state index contributed by atoms with van der Waals surface area (Å²) in [5, 5.41) is 2.67. The standard InChI is InChI=1S/C8H11N3O3S/c9-5-6-10-15(13,14)8-3-1-7(11-12)2-4-8/h1-4,10H,5-6,9H2. The highest BCUT2D eigenvalue weighted by Gasteiger charge is 2.12. The summed E-state index contributed by atoms with van der Waals surface area (Å²) in [6.07, 6.45) is 0. The van der Waals surface area contributed by atoms with Gasteiger partial charge in [0.05, 0.1) is 4.90 Å². The molecule has 0 atom stereocenters. The second-order valence-electron chi connectivity index (χ2n) is 2.77. The van der Waals surface area contributed by atoms with Crippen LogP contribution in [0.25, 0.3) is 0 Å². The molecule has 82 valence electrons. The molecule has 0 saturated heterocycles. The lowest BCUT2D eigenvalue weighted by atomic mass is 10.3. The minimum Gasteiger partial charge on any atom is -0.329 e. The highest BCUT2D eigenvalue weighted by Crippen LogP contribution is 2.15. The molecule has 6 nitrogen and oxygen atoms in total. The van der Waals surface area contributed by atoms with Crippen LogP contribution >= 0.6 is 0 Å². The molecule has 0 aliphatic heterocycles. The van der Waals surface area contributed by atoms with Gasteiger partial charge in [-0.2, -0.15) is 0 Å². The van der Waals surface area contributed by atoms with Crippen molar-refractivity contribution in [1.29, 1.82) is 0 Å². The molecule has 0 radical (unpaired) electrons. The van der Waals surface area contributed by atoms with Crippen molar-refractivity contribution in [2.24, 2.45) is 10.9 Å². The van der Waals surface area contributed by atoms with E-state index < -0.39 is 10.0 Å². The summed E-state index contributed by atoms with van der Waals surface area (Å²) in [6, 6.07) is 5.30. The van der Waals surface area contributed by atoms with Crippen LogP contribution in [0.1, 0.15) is 0 Å². The number of hydrogen-bond donors (Lipinski definition) is 2. The summed E-state index contributed by atoms with van der Waals surface area (Å²) in [4.78, 5) is 10.2. The van der Waals surface area contributed by atoms with Gasteiger partial charge in [-0.1, -0.05) is 0 Å². The van der Waals surface area contributed by atoms with Crippen LogP contribution in [-0.2, 0) is 10.0 Å². The minimum atomic E-state index is -3.52. The van der Waals surface area contributed by atoms with E-state index in [0.29, 0.717) is 0 Å². The Hall–Kier alpha value is -1.31. The molecule has 0 amide bonds. The Morgan fingerprint density at radius 2 is 1.87 bits per heavy atom. The SMILES string of the molecule is NCCNS(=O)(=O)c1ccc(N=O)cc1. The van der Waals surface area contributed by atoms with Gasteiger partial charge in [0, 0.05) is 13.1 Å². The summed E-state index contributed by atoms with van der Waals surface area (Å²) in [5.74, 6) is 0. The summed E-state index contributed by atoms with van der Waals surface area (Å²) in [7, 11) is -3.52. The molecule has 0 heterocycles. The van der Waals surface area contributed by atoms with E-state index in [0.717, 1.165) is 0 Å². The molecule has 1 rings (SSSR count). The fourth-order valence-electron chi connectivity index (χ4n) is 0.963. The van der Waals surface area contributed by atoms with E-state index in [4.69, 9.17) is 5.73 Å². The van der Waals surface area contributed by atoms with Gasteiger partial charge in [0.15, 0.2) is 0 Å². The van der Waals surface area contributed by atoms with Crippen LogP contribution in [0.4, 0.5) is 5.69 Å². The number of rotatable bonds is 5. The maximum Gasteiger partial charge on any atom is 0.240 e. The predicted octanol–water partition coefficient (Wildman–Crippen LogP) is 0.321. The first kappa shape index (κ1) is 11.8. The lowest BCUT2D eigenvalue weighted by Crippen LogP contribution is -2.29. The van der Waals surface area contributed by atoms with Crippen molar-refractivity contribution in [2.45, 2.75) is 4.90 Å². The topological polar surface area (TPSA) is 102 Å². The maximum atomic E-state index is 11.5. The van der Waals surface area contributed by atoms with Crippen LogP contribution in [0.3, 0.4) is 0 Å². The molecule has 0 aliphatic rings. The Morgan fingerprint density at radius 1 is 1.27 bits per heavy atom. The fraction of sp³-hybridized carbons (Fsp3) is 0.250. The Kier molecular flexibility index (Phi) is 3.89. The third-order valence-corrected chi connectivity index (χ3v) is 3.17. The van der Waals surface area contributed by atoms with Gasteiger partial charge >= 0.3 is 0 Å². The van der Waals surface area contributed by atoms with Crippen molar-refractivity contribution in [3.05, 3.63) is 29.2 Å². The molecule has 15 heavy (non-hydrogen) atoms. The highest BCUT2D eigenvalue weighted by molar-refractivity contribution is 7.89. The van der Waals surface area contributed by atoms with Gasteiger partial charge in [-0.25, -0.2) is 13.1 Å². The van der Waals surface area contributed by atoms with Gasteiger partial charge in [0.25, 0.3) is 0 Å². The van der Waals surface area contributed by atoms with Crippen molar-refractivity contribution in [2.75, 3.05) is 13.1 Å². The molecule has 7 heteroatoms. The second-order valence-corrected chi connectivity index (χ2v) is 4.54. The molecular weight excluding hydrogens is 218 g/mol. The lowest BCUT2D eigenvalue weighted by Gasteiger charge is -2.04. The number of nitrogens with two attached hydrogens (primary N) is 1. The number of nitrogens with zero attached hydrogens (tertiary/aromatic N) is 1. The number of hydrogen-bond acceptors (Lipinski definition) is 5. The first-order valence-corrected chi connectivity index (χ1v) is 5.71. The van der Waals surface area contributed by atoms with E-state index in [1.165, 1.54) is 24.3 Å². The first-order valence-electron chi connectivity index (χ1n) is 4.23. The van der Waals surface area contributed by atoms with E-state index in [9.17, 15) is 13.3 Å². The zero-order valence-corrected chi connectivity index (χ0v) is 8.70. The van der Waals surface area contributed by atoms with E-state index in [-0.39, 0.29) is 23.7 Å². The van der Waals surface area contributed by atoms with E-state index >= 15 is 0 Å². The molecule has 1 aromatic rings. The zero-order chi connectivity index (χ0) is 11.3. The first-order chi connectivity index (χ1) is 7.10. The van der Waals surface area contributed by atoms with Gasteiger partial charge in [-0.05, 0) is 29.4 Å². The third-order valence-electron chi connectivity index (χ3n) is 1.69. The molecule has 0 spiro atoms. The van der Waals surface area contributed by atoms with Crippen molar-refractivity contribution >= 4 is 15.7 Å². The predicted molar refractivity (Wildman–Crippen MR) is 56.1 cm³/mol. The van der Waals surface area contributed by atoms with Crippen LogP contribution in [-0.4, -0.2) is 21.5 Å². The summed E-state index contributed by atoms with van der Waals surface area (Å²) in [6.45, 7) is 0.406. The zero-order valence-electron chi connectivity index (χ0n) is 7.88. The Labute approximate surface area is 87.5 Å². The number of sulfonamides is 1. The molecule has 0 fully saturated rings. The Balaban J connectivity index is 2.90. The Bertz CT molecular complexity index is 427. The minimum absolute atomic E-state index is 0.0864. The Morgan fingerprint density at radius 3 is 2.33 bits per heavy atom. The van der Waals surface area contributed by atoms with Gasteiger partial charge in [0.1, 0.15) is 5.69 Å². The lowest BCUT2D eigenvalue weighted by molar-refractivity contribution is 0.582. The van der Waals surface area contributed by atoms with Crippen LogP contribution in [0, 0.1) is 4.91 Å². The van der Waals surface area contributed by atoms with Gasteiger partial charge < -0.3 is 5.73 Å². The smallest absolute Gasteiger partial charge is 0.240 e. The molecule has 0 aliphatic carbocycles. The van der Waals surface area contributed by atoms with Gasteiger partial charge in [-0.3, -0.25) is 0 Å². The molecule has 0 saturated carbocycles. The average molecular weight is 229 g/mol. The molecule has 3 N–H and O–H groups in total. The molecule has 1 aromatic carbocycles. The van der Waals surface area contributed by atoms with Gasteiger partial charge in [-0.15, -0.1) is 4.91 Å². The largest absolute Gasteiger partial charge is 0.329 e. The normalized spacial score (nSPS) is 11.3. The second kappa shape index (κ2) is 4.96. The maximum absolute atomic E-state index is 11.5. The molecule has 0 bridgehead atoms. The molecule has 0 aromatic heterocycles. The van der Waals surface area contributed by atoms with Crippen molar-refractivity contribution in [3.8, 4) is 0 Å². The third kappa shape index (κ3) is 3.08. The fourth-order valence-corrected chi connectivity index (χ4v) is 2.01. The number of nitroso groups, excluding NO2 is 1. The summed E-state index contributed by atoms with van der Waals surface area (Å²) in [5.41, 5.74) is 5.36. The van der Waals surface area contributed by atoms with E-state index in [1.807, 2.05) is 0 Å². The van der Waals surface area contributed by atoms with E-state index in [2.05, 4.69) is 9.90 Å². The van der Waals surface area contributed by atoms with Crippen LogP contribution < -0.4 is 10.5 Å². The quantitative estimate of drug-likeness (QED) is 0.710. The number of nitrogens with one attached hydrogen (secondary N) is 1. The van der Waals surface area contributed by atoms with Crippen molar-refractivity contribution in [3.63, 3.8) is 0 Å². The summed E-state index contributed by atoms with van der Waals surface area (Å²) < 4.78 is 25.3. The van der Waals surface area contributed by atoms with Crippen LogP contribution in [0.2, 0.25) is 0 Å². The van der Waals surface area contributed by atoms with Crippen LogP contribution in [0.5, 0.6) is 0 Å². The van der Waals surface area contributed by atoms with Crippen LogP contribution in [0.15, 0.2) is 34.3 Å². The summed E-state index contributed by atoms with van der Waals surface area (Å²) >= 11 is 0. The molecular formula is C8H11N3O3S. The monoisotopic (exact) mass is 229 g/mol. The van der Waals surface area contributed by atoms with Crippen molar-refractivity contribution in [1.82, 2.24) is 4.72 Å². The molecule has 0 unspecified atom stereocenters.